The Kier molecular flexibility index (Phi) is 5.53. The number of rotatable bonds is 6. The summed E-state index contributed by atoms with van der Waals surface area (Å²) in [5.74, 6) is -0.648. The number of fused-ring (bicyclic) bond motifs is 1. The number of carbonyl (C=O) groups excluding carboxylic acids is 2. The summed E-state index contributed by atoms with van der Waals surface area (Å²) in [5.41, 5.74) is 0.573. The molecule has 22 heavy (non-hydrogen) atoms. The standard InChI is InChI=1S/C18H21NO3/c1-3-4-12-16(18(21)22-2)19-17(20)15-11-7-9-13-8-5-6-10-14(13)15/h5-11,16H,3-4,12H2,1-2H3,(H,19,20)/t16-/m1/s1. The number of methoxy groups -OCH3 is 1. The Balaban J connectivity index is 2.23. The Morgan fingerprint density at radius 2 is 1.86 bits per heavy atom. The third kappa shape index (κ3) is 3.64. The number of benzene rings is 2. The fourth-order valence-corrected chi connectivity index (χ4v) is 2.46. The van der Waals surface area contributed by atoms with Gasteiger partial charge in [-0.2, -0.15) is 0 Å². The van der Waals surface area contributed by atoms with Gasteiger partial charge in [0.25, 0.3) is 5.91 Å². The van der Waals surface area contributed by atoms with Gasteiger partial charge in [0.2, 0.25) is 0 Å². The van der Waals surface area contributed by atoms with E-state index < -0.39 is 12.0 Å². The normalized spacial score (nSPS) is 11.9. The van der Waals surface area contributed by atoms with Gasteiger partial charge in [-0.3, -0.25) is 4.79 Å². The minimum Gasteiger partial charge on any atom is -0.467 e. The second-order valence-corrected chi connectivity index (χ2v) is 5.22. The second-order valence-electron chi connectivity index (χ2n) is 5.22. The molecule has 0 aliphatic carbocycles. The van der Waals surface area contributed by atoms with E-state index in [2.05, 4.69) is 5.32 Å². The quantitative estimate of drug-likeness (QED) is 0.833. The molecule has 1 N–H and O–H groups in total. The highest BCUT2D eigenvalue weighted by Crippen LogP contribution is 2.18. The molecule has 0 saturated heterocycles. The Bertz CT molecular complexity index is 661. The van der Waals surface area contributed by atoms with Crippen LogP contribution in [0.4, 0.5) is 0 Å². The van der Waals surface area contributed by atoms with Gasteiger partial charge in [0, 0.05) is 5.56 Å². The van der Waals surface area contributed by atoms with E-state index in [9.17, 15) is 9.59 Å². The second kappa shape index (κ2) is 7.59. The smallest absolute Gasteiger partial charge is 0.328 e. The lowest BCUT2D eigenvalue weighted by atomic mass is 10.0. The highest BCUT2D eigenvalue weighted by Gasteiger charge is 2.22. The first kappa shape index (κ1) is 16.0. The van der Waals surface area contributed by atoms with Gasteiger partial charge in [-0.05, 0) is 23.3 Å². The minimum absolute atomic E-state index is 0.247. The molecule has 2 rings (SSSR count). The van der Waals surface area contributed by atoms with Crippen LogP contribution >= 0.6 is 0 Å². The van der Waals surface area contributed by atoms with Gasteiger partial charge in [-0.15, -0.1) is 0 Å². The van der Waals surface area contributed by atoms with E-state index in [0.29, 0.717) is 12.0 Å². The van der Waals surface area contributed by atoms with E-state index in [4.69, 9.17) is 4.74 Å². The fraction of sp³-hybridized carbons (Fsp3) is 0.333. The van der Waals surface area contributed by atoms with Crippen LogP contribution in [-0.4, -0.2) is 25.0 Å². The van der Waals surface area contributed by atoms with Crippen molar-refractivity contribution in [2.75, 3.05) is 7.11 Å². The van der Waals surface area contributed by atoms with E-state index in [1.807, 2.05) is 43.3 Å². The summed E-state index contributed by atoms with van der Waals surface area (Å²) in [6.07, 6.45) is 2.40. The number of esters is 1. The van der Waals surface area contributed by atoms with E-state index in [0.717, 1.165) is 23.6 Å². The molecule has 4 heteroatoms. The maximum absolute atomic E-state index is 12.5. The largest absolute Gasteiger partial charge is 0.467 e. The van der Waals surface area contributed by atoms with Gasteiger partial charge in [0.1, 0.15) is 6.04 Å². The molecule has 0 spiro atoms. The fourth-order valence-electron chi connectivity index (χ4n) is 2.46. The predicted octanol–water partition coefficient (Wildman–Crippen LogP) is 3.30. The Hall–Kier alpha value is -2.36. The molecular weight excluding hydrogens is 278 g/mol. The summed E-state index contributed by atoms with van der Waals surface area (Å²) < 4.78 is 4.78. The summed E-state index contributed by atoms with van der Waals surface area (Å²) >= 11 is 0. The summed E-state index contributed by atoms with van der Waals surface area (Å²) in [5, 5.41) is 4.67. The first-order valence-corrected chi connectivity index (χ1v) is 7.53. The van der Waals surface area contributed by atoms with Gasteiger partial charge in [-0.25, -0.2) is 4.79 Å². The molecule has 0 bridgehead atoms. The minimum atomic E-state index is -0.601. The van der Waals surface area contributed by atoms with Gasteiger partial charge in [0.05, 0.1) is 7.11 Å². The topological polar surface area (TPSA) is 55.4 Å². The molecule has 0 saturated carbocycles. The molecule has 2 aromatic rings. The highest BCUT2D eigenvalue weighted by atomic mass is 16.5. The zero-order valence-corrected chi connectivity index (χ0v) is 13.0. The first-order valence-electron chi connectivity index (χ1n) is 7.53. The lowest BCUT2D eigenvalue weighted by Crippen LogP contribution is -2.41. The maximum atomic E-state index is 12.5. The van der Waals surface area contributed by atoms with Gasteiger partial charge < -0.3 is 10.1 Å². The average Bonchev–Trinajstić information content (AvgIpc) is 2.57. The zero-order valence-electron chi connectivity index (χ0n) is 13.0. The number of hydrogen-bond acceptors (Lipinski definition) is 3. The van der Waals surface area contributed by atoms with Crippen molar-refractivity contribution in [2.45, 2.75) is 32.2 Å². The lowest BCUT2D eigenvalue weighted by molar-refractivity contribution is -0.143. The highest BCUT2D eigenvalue weighted by molar-refractivity contribution is 6.07. The van der Waals surface area contributed by atoms with Crippen LogP contribution in [0.2, 0.25) is 0 Å². The van der Waals surface area contributed by atoms with Crippen molar-refractivity contribution in [3.63, 3.8) is 0 Å². The number of carbonyl (C=O) groups is 2. The summed E-state index contributed by atoms with van der Waals surface area (Å²) in [6.45, 7) is 2.04. The Labute approximate surface area is 130 Å². The SMILES string of the molecule is CCCC[C@@H](NC(=O)c1cccc2ccccc12)C(=O)OC. The van der Waals surface area contributed by atoms with Gasteiger partial charge >= 0.3 is 5.97 Å². The molecule has 1 atom stereocenters. The molecule has 0 unspecified atom stereocenters. The van der Waals surface area contributed by atoms with Crippen molar-refractivity contribution >= 4 is 22.6 Å². The molecular formula is C18H21NO3. The molecule has 0 radical (unpaired) electrons. The van der Waals surface area contributed by atoms with Crippen molar-refractivity contribution in [2.24, 2.45) is 0 Å². The van der Waals surface area contributed by atoms with E-state index >= 15 is 0 Å². The molecule has 116 valence electrons. The van der Waals surface area contributed by atoms with E-state index in [-0.39, 0.29) is 5.91 Å². The molecule has 2 aromatic carbocycles. The molecule has 0 aromatic heterocycles. The van der Waals surface area contributed by atoms with E-state index in [1.54, 1.807) is 6.07 Å². The Morgan fingerprint density at radius 1 is 1.14 bits per heavy atom. The summed E-state index contributed by atoms with van der Waals surface area (Å²) in [4.78, 5) is 24.3. The lowest BCUT2D eigenvalue weighted by Gasteiger charge is -2.17. The number of hydrogen-bond donors (Lipinski definition) is 1. The predicted molar refractivity (Wildman–Crippen MR) is 86.7 cm³/mol. The summed E-state index contributed by atoms with van der Waals surface area (Å²) in [7, 11) is 1.34. The summed E-state index contributed by atoms with van der Waals surface area (Å²) in [6, 6.07) is 12.7. The first-order chi connectivity index (χ1) is 10.7. The van der Waals surface area contributed by atoms with Crippen LogP contribution in [0.15, 0.2) is 42.5 Å². The molecule has 4 nitrogen and oxygen atoms in total. The molecule has 0 aliphatic rings. The number of unbranched alkanes of at least 4 members (excludes halogenated alkanes) is 1. The van der Waals surface area contributed by atoms with E-state index in [1.165, 1.54) is 7.11 Å². The Morgan fingerprint density at radius 3 is 2.59 bits per heavy atom. The van der Waals surface area contributed by atoms with Crippen LogP contribution < -0.4 is 5.32 Å². The van der Waals surface area contributed by atoms with Crippen LogP contribution in [-0.2, 0) is 9.53 Å². The van der Waals surface area contributed by atoms with Crippen molar-refractivity contribution in [3.8, 4) is 0 Å². The number of ether oxygens (including phenoxy) is 1. The van der Waals surface area contributed by atoms with Crippen LogP contribution in [0.5, 0.6) is 0 Å². The van der Waals surface area contributed by atoms with Crippen LogP contribution in [0, 0.1) is 0 Å². The monoisotopic (exact) mass is 299 g/mol. The van der Waals surface area contributed by atoms with Gasteiger partial charge in [0.15, 0.2) is 0 Å². The van der Waals surface area contributed by atoms with Crippen molar-refractivity contribution in [1.82, 2.24) is 5.32 Å². The van der Waals surface area contributed by atoms with Crippen molar-refractivity contribution in [3.05, 3.63) is 48.0 Å². The third-order valence-corrected chi connectivity index (χ3v) is 3.67. The maximum Gasteiger partial charge on any atom is 0.328 e. The molecule has 1 amide bonds. The van der Waals surface area contributed by atoms with Crippen LogP contribution in [0.25, 0.3) is 10.8 Å². The van der Waals surface area contributed by atoms with Crippen LogP contribution in [0.1, 0.15) is 36.5 Å². The molecule has 0 fully saturated rings. The third-order valence-electron chi connectivity index (χ3n) is 3.67. The molecule has 0 heterocycles. The zero-order chi connectivity index (χ0) is 15.9. The average molecular weight is 299 g/mol. The molecule has 0 aliphatic heterocycles. The van der Waals surface area contributed by atoms with Crippen LogP contribution in [0.3, 0.4) is 0 Å². The van der Waals surface area contributed by atoms with Crippen molar-refractivity contribution < 1.29 is 14.3 Å². The van der Waals surface area contributed by atoms with Crippen molar-refractivity contribution in [1.29, 1.82) is 0 Å². The van der Waals surface area contributed by atoms with Gasteiger partial charge in [-0.1, -0.05) is 56.2 Å². The number of nitrogens with one attached hydrogen (secondary N) is 1. The number of amides is 1.